The van der Waals surface area contributed by atoms with E-state index in [-0.39, 0.29) is 30.1 Å². The van der Waals surface area contributed by atoms with Crippen LogP contribution in [0.3, 0.4) is 0 Å². The van der Waals surface area contributed by atoms with Crippen LogP contribution >= 0.6 is 0 Å². The van der Waals surface area contributed by atoms with Gasteiger partial charge in [0.05, 0.1) is 18.4 Å². The Morgan fingerprint density at radius 1 is 0.833 bits per heavy atom. The van der Waals surface area contributed by atoms with Crippen molar-refractivity contribution in [3.63, 3.8) is 0 Å². The summed E-state index contributed by atoms with van der Waals surface area (Å²) >= 11 is 0. The molecule has 4 aliphatic rings. The zero-order valence-electron chi connectivity index (χ0n) is 16.3. The number of hydrogen-bond donors (Lipinski definition) is 0. The van der Waals surface area contributed by atoms with Crippen LogP contribution in [0, 0.1) is 11.8 Å². The molecule has 0 radical (unpaired) electrons. The van der Waals surface area contributed by atoms with Crippen molar-refractivity contribution in [2.45, 2.75) is 31.0 Å². The monoisotopic (exact) mass is 400 g/mol. The average Bonchev–Trinajstić information content (AvgIpc) is 3.46. The smallest absolute Gasteiger partial charge is 0.236 e. The number of nitrogens with zero attached hydrogens (tertiary/aromatic N) is 2. The van der Waals surface area contributed by atoms with Crippen LogP contribution in [0.4, 0.5) is 0 Å². The maximum absolute atomic E-state index is 13.7. The van der Waals surface area contributed by atoms with Gasteiger partial charge >= 0.3 is 0 Å². The first kappa shape index (κ1) is 17.7. The molecule has 6 rings (SSSR count). The lowest BCUT2D eigenvalue weighted by molar-refractivity contribution is -0.142. The van der Waals surface area contributed by atoms with E-state index < -0.39 is 23.3 Å². The Morgan fingerprint density at radius 2 is 1.47 bits per heavy atom. The number of carbonyl (C=O) groups excluding carboxylic acids is 4. The number of imide groups is 1. The van der Waals surface area contributed by atoms with Crippen molar-refractivity contribution in [2.24, 2.45) is 11.8 Å². The highest BCUT2D eigenvalue weighted by Gasteiger charge is 2.76. The number of hydrogen-bond acceptors (Lipinski definition) is 5. The van der Waals surface area contributed by atoms with Gasteiger partial charge in [0.25, 0.3) is 0 Å². The maximum Gasteiger partial charge on any atom is 0.236 e. The molecular formula is C24H20N2O4. The second kappa shape index (κ2) is 5.95. The van der Waals surface area contributed by atoms with Gasteiger partial charge in [0.15, 0.2) is 17.1 Å². The number of amides is 2. The largest absolute Gasteiger partial charge is 0.291 e. The minimum Gasteiger partial charge on any atom is -0.291 e. The van der Waals surface area contributed by atoms with E-state index >= 15 is 0 Å². The number of benzene rings is 2. The molecule has 2 amide bonds. The van der Waals surface area contributed by atoms with Crippen molar-refractivity contribution in [1.29, 1.82) is 0 Å². The molecule has 1 spiro atoms. The van der Waals surface area contributed by atoms with Crippen molar-refractivity contribution < 1.29 is 19.2 Å². The fourth-order valence-electron chi connectivity index (χ4n) is 6.22. The summed E-state index contributed by atoms with van der Waals surface area (Å²) < 4.78 is 0. The van der Waals surface area contributed by atoms with Gasteiger partial charge in [-0.15, -0.1) is 0 Å². The lowest BCUT2D eigenvalue weighted by Crippen LogP contribution is -2.59. The molecule has 3 saturated heterocycles. The van der Waals surface area contributed by atoms with Crippen molar-refractivity contribution >= 4 is 23.4 Å². The van der Waals surface area contributed by atoms with Gasteiger partial charge in [0.1, 0.15) is 0 Å². The van der Waals surface area contributed by atoms with E-state index in [0.717, 1.165) is 18.4 Å². The summed E-state index contributed by atoms with van der Waals surface area (Å²) in [4.78, 5) is 57.6. The van der Waals surface area contributed by atoms with E-state index in [1.54, 1.807) is 24.3 Å². The SMILES string of the molecule is O=C1[C@H]2[C@H]3CCCN3C3(C(=O)c4ccccc4C3=O)[C@@H]2C(=O)N1Cc1ccccc1. The number of carbonyl (C=O) groups is 4. The van der Waals surface area contributed by atoms with Crippen LogP contribution < -0.4 is 0 Å². The summed E-state index contributed by atoms with van der Waals surface area (Å²) in [6.07, 6.45) is 1.53. The number of fused-ring (bicyclic) bond motifs is 6. The lowest BCUT2D eigenvalue weighted by atomic mass is 9.76. The Kier molecular flexibility index (Phi) is 3.51. The van der Waals surface area contributed by atoms with Crippen LogP contribution in [0.2, 0.25) is 0 Å². The van der Waals surface area contributed by atoms with Crippen LogP contribution in [-0.2, 0) is 16.1 Å². The lowest BCUT2D eigenvalue weighted by Gasteiger charge is -2.35. The molecule has 0 saturated carbocycles. The molecule has 1 aliphatic carbocycles. The quantitative estimate of drug-likeness (QED) is 0.570. The summed E-state index contributed by atoms with van der Waals surface area (Å²) in [5, 5.41) is 0. The van der Waals surface area contributed by atoms with Crippen LogP contribution in [0.15, 0.2) is 54.6 Å². The topological polar surface area (TPSA) is 74.8 Å². The van der Waals surface area contributed by atoms with Gasteiger partial charge in [-0.3, -0.25) is 29.0 Å². The molecule has 150 valence electrons. The molecule has 3 atom stereocenters. The third-order valence-corrected chi connectivity index (χ3v) is 7.35. The molecule has 3 aliphatic heterocycles. The number of rotatable bonds is 2. The first-order valence-electron chi connectivity index (χ1n) is 10.4. The Labute approximate surface area is 173 Å². The Balaban J connectivity index is 1.49. The molecule has 3 fully saturated rings. The van der Waals surface area contributed by atoms with E-state index in [0.29, 0.717) is 17.7 Å². The molecule has 3 heterocycles. The van der Waals surface area contributed by atoms with Crippen molar-refractivity contribution in [1.82, 2.24) is 9.80 Å². The zero-order valence-corrected chi connectivity index (χ0v) is 16.3. The molecule has 0 bridgehead atoms. The molecule has 0 N–H and O–H groups in total. The van der Waals surface area contributed by atoms with Crippen LogP contribution in [-0.4, -0.2) is 51.3 Å². The van der Waals surface area contributed by atoms with Gasteiger partial charge in [0.2, 0.25) is 11.8 Å². The van der Waals surface area contributed by atoms with Crippen LogP contribution in [0.25, 0.3) is 0 Å². The summed E-state index contributed by atoms with van der Waals surface area (Å²) in [5.74, 6) is -2.84. The van der Waals surface area contributed by atoms with E-state index in [4.69, 9.17) is 0 Å². The second-order valence-corrected chi connectivity index (χ2v) is 8.62. The van der Waals surface area contributed by atoms with Crippen molar-refractivity contribution in [2.75, 3.05) is 6.54 Å². The number of Topliss-reactive ketones (excluding diaryl/α,β-unsaturated/α-hetero) is 2. The fourth-order valence-corrected chi connectivity index (χ4v) is 6.22. The highest BCUT2D eigenvalue weighted by Crippen LogP contribution is 2.56. The Hall–Kier alpha value is -3.12. The van der Waals surface area contributed by atoms with E-state index in [1.165, 1.54) is 4.90 Å². The van der Waals surface area contributed by atoms with Gasteiger partial charge in [0, 0.05) is 17.2 Å². The minimum atomic E-state index is -1.56. The predicted octanol–water partition coefficient (Wildman–Crippen LogP) is 2.08. The van der Waals surface area contributed by atoms with Gasteiger partial charge in [-0.2, -0.15) is 0 Å². The van der Waals surface area contributed by atoms with Gasteiger partial charge < -0.3 is 0 Å². The highest BCUT2D eigenvalue weighted by atomic mass is 16.2. The Bertz CT molecular complexity index is 1090. The normalized spacial score (nSPS) is 29.1. The van der Waals surface area contributed by atoms with E-state index in [1.807, 2.05) is 35.2 Å². The first-order chi connectivity index (χ1) is 14.6. The summed E-state index contributed by atoms with van der Waals surface area (Å²) in [5.41, 5.74) is 0.0308. The minimum absolute atomic E-state index is 0.170. The molecule has 0 aromatic heterocycles. The number of likely N-dealkylation sites (tertiary alicyclic amines) is 1. The van der Waals surface area contributed by atoms with E-state index in [9.17, 15) is 19.2 Å². The van der Waals surface area contributed by atoms with E-state index in [2.05, 4.69) is 0 Å². The van der Waals surface area contributed by atoms with Gasteiger partial charge in [-0.25, -0.2) is 0 Å². The molecule has 6 nitrogen and oxygen atoms in total. The first-order valence-corrected chi connectivity index (χ1v) is 10.4. The number of ketones is 2. The van der Waals surface area contributed by atoms with Gasteiger partial charge in [-0.1, -0.05) is 54.6 Å². The maximum atomic E-state index is 13.7. The summed E-state index contributed by atoms with van der Waals surface area (Å²) in [7, 11) is 0. The van der Waals surface area contributed by atoms with Crippen molar-refractivity contribution in [3.8, 4) is 0 Å². The molecule has 2 aromatic rings. The fraction of sp³-hybridized carbons (Fsp3) is 0.333. The third kappa shape index (κ3) is 1.92. The molecule has 0 unspecified atom stereocenters. The molecule has 30 heavy (non-hydrogen) atoms. The summed E-state index contributed by atoms with van der Waals surface area (Å²) in [6, 6.07) is 15.9. The summed E-state index contributed by atoms with van der Waals surface area (Å²) in [6.45, 7) is 0.728. The third-order valence-electron chi connectivity index (χ3n) is 7.35. The predicted molar refractivity (Wildman–Crippen MR) is 107 cm³/mol. The van der Waals surface area contributed by atoms with Crippen LogP contribution in [0.1, 0.15) is 39.1 Å². The highest BCUT2D eigenvalue weighted by molar-refractivity contribution is 6.35. The Morgan fingerprint density at radius 3 is 2.13 bits per heavy atom. The molecular weight excluding hydrogens is 380 g/mol. The second-order valence-electron chi connectivity index (χ2n) is 8.62. The van der Waals surface area contributed by atoms with Crippen LogP contribution in [0.5, 0.6) is 0 Å². The standard InChI is InChI=1S/C24H20N2O4/c27-20-15-9-4-5-10-16(15)21(28)24(20)19-18(17-11-6-12-26(17)24)22(29)25(23(19)30)13-14-7-2-1-3-8-14/h1-5,7-10,17-19H,6,11-13H2/t17-,18+,19+/m1/s1. The zero-order chi connectivity index (χ0) is 20.6. The molecule has 6 heteroatoms. The average molecular weight is 400 g/mol. The molecule has 2 aromatic carbocycles. The van der Waals surface area contributed by atoms with Gasteiger partial charge in [-0.05, 0) is 24.9 Å². The van der Waals surface area contributed by atoms with Crippen molar-refractivity contribution in [3.05, 3.63) is 71.3 Å².